The maximum atomic E-state index is 6.49. The second-order valence-corrected chi connectivity index (χ2v) is 16.6. The van der Waals surface area contributed by atoms with Crippen molar-refractivity contribution in [2.75, 3.05) is 4.90 Å². The van der Waals surface area contributed by atoms with Crippen molar-refractivity contribution in [2.45, 2.75) is 0 Å². The van der Waals surface area contributed by atoms with Crippen molar-refractivity contribution in [3.8, 4) is 44.5 Å². The zero-order valence-corrected chi connectivity index (χ0v) is 33.9. The van der Waals surface area contributed by atoms with Gasteiger partial charge >= 0.3 is 0 Å². The van der Waals surface area contributed by atoms with Crippen molar-refractivity contribution < 1.29 is 4.42 Å². The summed E-state index contributed by atoms with van der Waals surface area (Å²) >= 11 is 1.87. The van der Waals surface area contributed by atoms with Crippen LogP contribution in [0.25, 0.3) is 97.4 Å². The number of benzene rings is 10. The lowest BCUT2D eigenvalue weighted by Gasteiger charge is -2.29. The fraction of sp³-hybridized carbons (Fsp3) is 0. The molecule has 0 N–H and O–H groups in total. The first-order valence-electron chi connectivity index (χ1n) is 20.7. The van der Waals surface area contributed by atoms with E-state index in [9.17, 15) is 0 Å². The normalized spacial score (nSPS) is 11.6. The van der Waals surface area contributed by atoms with Gasteiger partial charge in [-0.1, -0.05) is 182 Å². The summed E-state index contributed by atoms with van der Waals surface area (Å²) in [5.74, 6) is 0. The summed E-state index contributed by atoms with van der Waals surface area (Å²) in [7, 11) is 0. The van der Waals surface area contributed by atoms with Crippen molar-refractivity contribution in [2.24, 2.45) is 0 Å². The van der Waals surface area contributed by atoms with Crippen molar-refractivity contribution in [1.29, 1.82) is 0 Å². The van der Waals surface area contributed by atoms with Crippen LogP contribution in [0, 0.1) is 0 Å². The van der Waals surface area contributed by atoms with E-state index in [2.05, 4.69) is 217 Å². The van der Waals surface area contributed by atoms with Gasteiger partial charge in [-0.2, -0.15) is 0 Å². The van der Waals surface area contributed by atoms with E-state index in [1.165, 1.54) is 58.8 Å². The fourth-order valence-corrected chi connectivity index (χ4v) is 10.5. The molecule has 0 aliphatic rings. The average Bonchev–Trinajstić information content (AvgIpc) is 3.91. The fourth-order valence-electron chi connectivity index (χ4n) is 9.30. The van der Waals surface area contributed by atoms with Crippen molar-refractivity contribution >= 4 is 81.3 Å². The summed E-state index contributed by atoms with van der Waals surface area (Å²) < 4.78 is 9.10. The Kier molecular flexibility index (Phi) is 8.39. The summed E-state index contributed by atoms with van der Waals surface area (Å²) in [5.41, 5.74) is 14.4. The smallest absolute Gasteiger partial charge is 0.143 e. The second kappa shape index (κ2) is 14.5. The lowest BCUT2D eigenvalue weighted by atomic mass is 9.90. The van der Waals surface area contributed by atoms with Crippen LogP contribution in [0.2, 0.25) is 0 Å². The largest absolute Gasteiger partial charge is 0.455 e. The Morgan fingerprint density at radius 1 is 0.361 bits per heavy atom. The lowest BCUT2D eigenvalue weighted by molar-refractivity contribution is 0.670. The molecular formula is C58H37NOS. The van der Waals surface area contributed by atoms with Crippen LogP contribution in [-0.2, 0) is 0 Å². The molecule has 10 aromatic carbocycles. The minimum Gasteiger partial charge on any atom is -0.455 e. The van der Waals surface area contributed by atoms with Gasteiger partial charge < -0.3 is 9.32 Å². The van der Waals surface area contributed by atoms with Gasteiger partial charge in [0.1, 0.15) is 11.2 Å². The molecule has 0 atom stereocenters. The molecule has 61 heavy (non-hydrogen) atoms. The Labute approximate surface area is 357 Å². The molecule has 0 aliphatic heterocycles. The van der Waals surface area contributed by atoms with Gasteiger partial charge in [0, 0.05) is 53.4 Å². The van der Waals surface area contributed by atoms with Crippen LogP contribution in [0.15, 0.2) is 229 Å². The van der Waals surface area contributed by atoms with Crippen LogP contribution >= 0.6 is 11.3 Å². The third-order valence-electron chi connectivity index (χ3n) is 12.1. The summed E-state index contributed by atoms with van der Waals surface area (Å²) in [4.78, 5) is 2.43. The lowest BCUT2D eigenvalue weighted by Crippen LogP contribution is -2.11. The molecule has 0 bridgehead atoms. The number of anilines is 3. The standard InChI is InChI=1S/C58H37NOS/c1-2-15-38(16-3-1)44-24-11-17-40-18-12-27-50(56(40)44)47-21-4-7-30-53(47)59(42-35-33-39(34-36-42)45-25-13-28-51-48-22-5-8-31-54(48)60-57(45)51)43-20-10-19-41(37-43)46-26-14-29-52-49-23-6-9-32-55(49)61-58(46)52/h1-37H. The molecule has 0 spiro atoms. The Hall–Kier alpha value is -7.72. The Morgan fingerprint density at radius 2 is 0.967 bits per heavy atom. The molecule has 0 aliphatic carbocycles. The monoisotopic (exact) mass is 795 g/mol. The van der Waals surface area contributed by atoms with Crippen LogP contribution in [0.1, 0.15) is 0 Å². The minimum atomic E-state index is 0.902. The average molecular weight is 796 g/mol. The molecule has 0 radical (unpaired) electrons. The number of rotatable bonds is 7. The Bertz CT molecular complexity index is 3590. The van der Waals surface area contributed by atoms with Gasteiger partial charge in [0.05, 0.1) is 5.69 Å². The number of thiophene rings is 1. The highest BCUT2D eigenvalue weighted by atomic mass is 32.1. The third-order valence-corrected chi connectivity index (χ3v) is 13.3. The maximum absolute atomic E-state index is 6.49. The highest BCUT2D eigenvalue weighted by molar-refractivity contribution is 7.26. The van der Waals surface area contributed by atoms with Gasteiger partial charge in [-0.15, -0.1) is 11.3 Å². The molecule has 0 fully saturated rings. The molecule has 0 saturated heterocycles. The van der Waals surface area contributed by atoms with E-state index in [1.807, 2.05) is 23.5 Å². The second-order valence-electron chi connectivity index (χ2n) is 15.6. The predicted molar refractivity (Wildman–Crippen MR) is 261 cm³/mol. The van der Waals surface area contributed by atoms with Crippen LogP contribution < -0.4 is 4.90 Å². The zero-order chi connectivity index (χ0) is 40.3. The minimum absolute atomic E-state index is 0.902. The van der Waals surface area contributed by atoms with E-state index in [-0.39, 0.29) is 0 Å². The first-order valence-corrected chi connectivity index (χ1v) is 21.6. The van der Waals surface area contributed by atoms with E-state index >= 15 is 0 Å². The molecule has 2 heterocycles. The molecule has 2 nitrogen and oxygen atoms in total. The van der Waals surface area contributed by atoms with Gasteiger partial charge in [0.25, 0.3) is 0 Å². The summed E-state index contributed by atoms with van der Waals surface area (Å²) in [6.07, 6.45) is 0. The molecule has 286 valence electrons. The Morgan fingerprint density at radius 3 is 1.84 bits per heavy atom. The molecule has 2 aromatic heterocycles. The van der Waals surface area contributed by atoms with Gasteiger partial charge in [-0.05, 0) is 86.6 Å². The van der Waals surface area contributed by atoms with Gasteiger partial charge in [-0.3, -0.25) is 0 Å². The van der Waals surface area contributed by atoms with Crippen molar-refractivity contribution in [1.82, 2.24) is 0 Å². The number of hydrogen-bond donors (Lipinski definition) is 0. The number of nitrogens with zero attached hydrogens (tertiary/aromatic N) is 1. The highest BCUT2D eigenvalue weighted by Crippen LogP contribution is 2.47. The highest BCUT2D eigenvalue weighted by Gasteiger charge is 2.21. The first-order chi connectivity index (χ1) is 30.3. The quantitative estimate of drug-likeness (QED) is 0.160. The zero-order valence-electron chi connectivity index (χ0n) is 33.1. The molecule has 0 saturated carbocycles. The van der Waals surface area contributed by atoms with E-state index in [0.29, 0.717) is 0 Å². The van der Waals surface area contributed by atoms with Crippen LogP contribution in [0.3, 0.4) is 0 Å². The number of hydrogen-bond acceptors (Lipinski definition) is 3. The molecular weight excluding hydrogens is 759 g/mol. The van der Waals surface area contributed by atoms with Crippen LogP contribution in [-0.4, -0.2) is 0 Å². The molecule has 12 aromatic rings. The van der Waals surface area contributed by atoms with Gasteiger partial charge in [0.2, 0.25) is 0 Å². The Balaban J connectivity index is 1.06. The predicted octanol–water partition coefficient (Wildman–Crippen LogP) is 17.2. The third kappa shape index (κ3) is 5.93. The number of para-hydroxylation sites is 3. The first kappa shape index (κ1) is 35.2. The van der Waals surface area contributed by atoms with Crippen molar-refractivity contribution in [3.05, 3.63) is 224 Å². The van der Waals surface area contributed by atoms with E-state index in [4.69, 9.17) is 4.42 Å². The summed E-state index contributed by atoms with van der Waals surface area (Å²) in [5, 5.41) is 7.31. The molecule has 3 heteroatoms. The molecule has 12 rings (SSSR count). The SMILES string of the molecule is c1ccc(-c2cccc3cccc(-c4ccccc4N(c4ccc(-c5cccc6c5oc5ccccc56)cc4)c4cccc(-c5cccc6c5sc5ccccc56)c4)c23)cc1. The van der Waals surface area contributed by atoms with Gasteiger partial charge in [-0.25, -0.2) is 0 Å². The van der Waals surface area contributed by atoms with E-state index < -0.39 is 0 Å². The maximum Gasteiger partial charge on any atom is 0.143 e. The topological polar surface area (TPSA) is 16.4 Å². The molecule has 0 unspecified atom stereocenters. The number of fused-ring (bicyclic) bond motifs is 7. The summed E-state index contributed by atoms with van der Waals surface area (Å²) in [6.45, 7) is 0. The van der Waals surface area contributed by atoms with Crippen LogP contribution in [0.5, 0.6) is 0 Å². The molecule has 0 amide bonds. The van der Waals surface area contributed by atoms with E-state index in [0.717, 1.165) is 55.7 Å². The number of furan rings is 1. The van der Waals surface area contributed by atoms with E-state index in [1.54, 1.807) is 0 Å². The van der Waals surface area contributed by atoms with Crippen molar-refractivity contribution in [3.63, 3.8) is 0 Å². The van der Waals surface area contributed by atoms with Gasteiger partial charge in [0.15, 0.2) is 0 Å². The van der Waals surface area contributed by atoms with Crippen LogP contribution in [0.4, 0.5) is 17.1 Å². The summed E-state index contributed by atoms with van der Waals surface area (Å²) in [6, 6.07) is 81.2.